The Bertz CT molecular complexity index is 1350. The predicted molar refractivity (Wildman–Crippen MR) is 123 cm³/mol. The number of rotatable bonds is 7. The van der Waals surface area contributed by atoms with Crippen molar-refractivity contribution in [3.05, 3.63) is 83.6 Å². The maximum Gasteiger partial charge on any atom is 0.176 e. The molecule has 0 aliphatic carbocycles. The highest BCUT2D eigenvalue weighted by Gasteiger charge is 2.22. The Balaban J connectivity index is 1.77. The van der Waals surface area contributed by atoms with Gasteiger partial charge in [-0.15, -0.1) is 11.3 Å². The van der Waals surface area contributed by atoms with Gasteiger partial charge in [0.1, 0.15) is 28.9 Å². The number of halogens is 1. The zero-order valence-electron chi connectivity index (χ0n) is 17.4. The van der Waals surface area contributed by atoms with E-state index >= 15 is 0 Å². The Hall–Kier alpha value is -3.23. The highest BCUT2D eigenvalue weighted by molar-refractivity contribution is 7.90. The van der Waals surface area contributed by atoms with E-state index in [2.05, 4.69) is 4.98 Å². The molecule has 0 radical (unpaired) electrons. The van der Waals surface area contributed by atoms with Crippen LogP contribution in [0.15, 0.2) is 77.7 Å². The smallest absolute Gasteiger partial charge is 0.176 e. The van der Waals surface area contributed by atoms with Crippen molar-refractivity contribution >= 4 is 21.2 Å². The molecule has 0 aliphatic heterocycles. The van der Waals surface area contributed by atoms with Crippen LogP contribution in [0, 0.1) is 5.82 Å². The molecule has 32 heavy (non-hydrogen) atoms. The third-order valence-electron chi connectivity index (χ3n) is 4.75. The van der Waals surface area contributed by atoms with Crippen molar-refractivity contribution < 1.29 is 22.3 Å². The molecule has 1 aromatic heterocycles. The van der Waals surface area contributed by atoms with E-state index in [9.17, 15) is 12.8 Å². The number of hydrogen-bond donors (Lipinski definition) is 0. The largest absolute Gasteiger partial charge is 0.497 e. The van der Waals surface area contributed by atoms with Gasteiger partial charge in [-0.1, -0.05) is 30.3 Å². The number of aromatic nitrogens is 1. The number of hydrogen-bond acceptors (Lipinski definition) is 6. The number of thiazole rings is 1. The van der Waals surface area contributed by atoms with Crippen molar-refractivity contribution in [2.24, 2.45) is 0 Å². The van der Waals surface area contributed by atoms with E-state index in [0.29, 0.717) is 38.2 Å². The van der Waals surface area contributed by atoms with Crippen molar-refractivity contribution in [1.29, 1.82) is 0 Å². The molecule has 0 bridgehead atoms. The van der Waals surface area contributed by atoms with E-state index < -0.39 is 15.7 Å². The molecule has 3 aromatic carbocycles. The van der Waals surface area contributed by atoms with Crippen molar-refractivity contribution in [3.63, 3.8) is 0 Å². The summed E-state index contributed by atoms with van der Waals surface area (Å²) < 4.78 is 50.4. The number of benzene rings is 3. The zero-order chi connectivity index (χ0) is 22.7. The molecule has 164 valence electrons. The first-order valence-corrected chi connectivity index (χ1v) is 12.4. The Morgan fingerprint density at radius 1 is 0.906 bits per heavy atom. The summed E-state index contributed by atoms with van der Waals surface area (Å²) in [7, 11) is -1.91. The van der Waals surface area contributed by atoms with Gasteiger partial charge < -0.3 is 9.47 Å². The molecular weight excluding hydrogens is 449 g/mol. The average molecular weight is 470 g/mol. The van der Waals surface area contributed by atoms with E-state index in [0.717, 1.165) is 6.26 Å². The van der Waals surface area contributed by atoms with Gasteiger partial charge in [0.15, 0.2) is 9.84 Å². The SMILES string of the molecule is COc1ccc(OCc2nc(-c3ccccc3F)c(-c3ccccc3S(C)(=O)=O)s2)cc1. The molecule has 0 saturated heterocycles. The van der Waals surface area contributed by atoms with Crippen LogP contribution in [0.2, 0.25) is 0 Å². The van der Waals surface area contributed by atoms with Gasteiger partial charge in [0.2, 0.25) is 0 Å². The quantitative estimate of drug-likeness (QED) is 0.352. The lowest BCUT2D eigenvalue weighted by molar-refractivity contribution is 0.305. The van der Waals surface area contributed by atoms with Crippen molar-refractivity contribution in [2.75, 3.05) is 13.4 Å². The van der Waals surface area contributed by atoms with Gasteiger partial charge >= 0.3 is 0 Å². The first-order chi connectivity index (χ1) is 15.4. The van der Waals surface area contributed by atoms with E-state index in [1.807, 2.05) is 0 Å². The maximum absolute atomic E-state index is 14.6. The van der Waals surface area contributed by atoms with Crippen LogP contribution in [0.1, 0.15) is 5.01 Å². The van der Waals surface area contributed by atoms with Crippen LogP contribution in [0.3, 0.4) is 0 Å². The van der Waals surface area contributed by atoms with E-state index in [4.69, 9.17) is 9.47 Å². The van der Waals surface area contributed by atoms with Crippen LogP contribution < -0.4 is 9.47 Å². The highest BCUT2D eigenvalue weighted by atomic mass is 32.2. The minimum Gasteiger partial charge on any atom is -0.497 e. The molecule has 0 aliphatic rings. The standard InChI is InChI=1S/C24H20FNO4S2/c1-29-16-11-13-17(14-12-16)30-15-22-26-23(18-7-3-5-9-20(18)25)24(31-22)19-8-4-6-10-21(19)32(2,27)28/h3-14H,15H2,1-2H3. The molecule has 4 rings (SSSR count). The summed E-state index contributed by atoms with van der Waals surface area (Å²) in [5.74, 6) is 0.915. The normalized spacial score (nSPS) is 11.3. The zero-order valence-corrected chi connectivity index (χ0v) is 19.0. The summed E-state index contributed by atoms with van der Waals surface area (Å²) in [6, 6.07) is 20.1. The first-order valence-electron chi connectivity index (χ1n) is 9.67. The monoisotopic (exact) mass is 469 g/mol. The van der Waals surface area contributed by atoms with Crippen LogP contribution in [0.4, 0.5) is 4.39 Å². The third kappa shape index (κ3) is 4.66. The average Bonchev–Trinajstić information content (AvgIpc) is 3.22. The van der Waals surface area contributed by atoms with E-state index in [1.54, 1.807) is 73.8 Å². The van der Waals surface area contributed by atoms with Gasteiger partial charge in [-0.05, 0) is 42.5 Å². The maximum atomic E-state index is 14.6. The lowest BCUT2D eigenvalue weighted by Crippen LogP contribution is -1.99. The molecule has 0 amide bonds. The fourth-order valence-corrected chi connectivity index (χ4v) is 5.23. The van der Waals surface area contributed by atoms with Crippen LogP contribution in [0.25, 0.3) is 21.7 Å². The van der Waals surface area contributed by atoms with E-state index in [-0.39, 0.29) is 11.5 Å². The number of methoxy groups -OCH3 is 1. The van der Waals surface area contributed by atoms with Gasteiger partial charge in [-0.25, -0.2) is 17.8 Å². The Kier molecular flexibility index (Phi) is 6.25. The molecule has 0 spiro atoms. The molecule has 0 N–H and O–H groups in total. The number of ether oxygens (including phenoxy) is 2. The second-order valence-electron chi connectivity index (χ2n) is 7.00. The van der Waals surface area contributed by atoms with Gasteiger partial charge in [-0.2, -0.15) is 0 Å². The van der Waals surface area contributed by atoms with Crippen molar-refractivity contribution in [2.45, 2.75) is 11.5 Å². The molecule has 4 aromatic rings. The third-order valence-corrected chi connectivity index (χ3v) is 6.97. The Labute approximate surface area is 190 Å². The van der Waals surface area contributed by atoms with Crippen LogP contribution in [0.5, 0.6) is 11.5 Å². The molecule has 1 heterocycles. The first kappa shape index (κ1) is 22.0. The summed E-state index contributed by atoms with van der Waals surface area (Å²) in [5, 5.41) is 0.595. The molecule has 0 saturated carbocycles. The minimum atomic E-state index is -3.50. The summed E-state index contributed by atoms with van der Waals surface area (Å²) in [4.78, 5) is 5.37. The minimum absolute atomic E-state index is 0.152. The van der Waals surface area contributed by atoms with Crippen molar-refractivity contribution in [3.8, 4) is 33.2 Å². The second-order valence-corrected chi connectivity index (χ2v) is 10.1. The molecule has 0 fully saturated rings. The summed E-state index contributed by atoms with van der Waals surface area (Å²) in [5.41, 5.74) is 1.18. The molecule has 8 heteroatoms. The van der Waals surface area contributed by atoms with Gasteiger partial charge in [0.05, 0.1) is 22.6 Å². The second kappa shape index (κ2) is 9.10. The van der Waals surface area contributed by atoms with Crippen LogP contribution >= 0.6 is 11.3 Å². The van der Waals surface area contributed by atoms with E-state index in [1.165, 1.54) is 17.4 Å². The predicted octanol–water partition coefficient (Wildman–Crippen LogP) is 5.61. The van der Waals surface area contributed by atoms with Gasteiger partial charge in [-0.3, -0.25) is 0 Å². The summed E-state index contributed by atoms with van der Waals surface area (Å²) in [6.45, 7) is 0.152. The van der Waals surface area contributed by atoms with Crippen molar-refractivity contribution in [1.82, 2.24) is 4.98 Å². The number of nitrogens with zero attached hydrogens (tertiary/aromatic N) is 1. The fourth-order valence-electron chi connectivity index (χ4n) is 3.24. The summed E-state index contributed by atoms with van der Waals surface area (Å²) in [6.07, 6.45) is 1.16. The van der Waals surface area contributed by atoms with Gasteiger partial charge in [0, 0.05) is 17.4 Å². The summed E-state index contributed by atoms with van der Waals surface area (Å²) >= 11 is 1.28. The lowest BCUT2D eigenvalue weighted by Gasteiger charge is -2.08. The topological polar surface area (TPSA) is 65.5 Å². The Morgan fingerprint density at radius 3 is 2.19 bits per heavy atom. The molecule has 0 atom stereocenters. The van der Waals surface area contributed by atoms with Crippen LogP contribution in [-0.2, 0) is 16.4 Å². The molecule has 0 unspecified atom stereocenters. The number of sulfone groups is 1. The van der Waals surface area contributed by atoms with Crippen LogP contribution in [-0.4, -0.2) is 26.8 Å². The lowest BCUT2D eigenvalue weighted by atomic mass is 10.1. The fraction of sp³-hybridized carbons (Fsp3) is 0.125. The Morgan fingerprint density at radius 2 is 1.53 bits per heavy atom. The molecule has 5 nitrogen and oxygen atoms in total. The van der Waals surface area contributed by atoms with Gasteiger partial charge in [0.25, 0.3) is 0 Å². The molecular formula is C24H20FNO4S2. The highest BCUT2D eigenvalue weighted by Crippen LogP contribution is 2.40.